The summed E-state index contributed by atoms with van der Waals surface area (Å²) in [5.41, 5.74) is 9.38. The van der Waals surface area contributed by atoms with Crippen molar-refractivity contribution in [3.05, 3.63) is 108 Å². The lowest BCUT2D eigenvalue weighted by Crippen LogP contribution is -2.76. The molecule has 2 fully saturated rings. The number of hydrogen-bond acceptors (Lipinski definition) is 7. The van der Waals surface area contributed by atoms with Crippen molar-refractivity contribution in [3.8, 4) is 5.75 Å². The summed E-state index contributed by atoms with van der Waals surface area (Å²) >= 11 is 1.56. The van der Waals surface area contributed by atoms with Crippen molar-refractivity contribution in [1.29, 1.82) is 0 Å². The number of phenols is 1. The van der Waals surface area contributed by atoms with Crippen LogP contribution in [0.5, 0.6) is 5.75 Å². The predicted octanol–water partition coefficient (Wildman–Crippen LogP) is 3.93. The summed E-state index contributed by atoms with van der Waals surface area (Å²) in [5.74, 6) is -0.319. The molecule has 0 aliphatic carbocycles. The van der Waals surface area contributed by atoms with Crippen molar-refractivity contribution in [2.75, 3.05) is 25.4 Å². The highest BCUT2D eigenvalue weighted by Crippen LogP contribution is 2.33. The van der Waals surface area contributed by atoms with Gasteiger partial charge in [0.15, 0.2) is 0 Å². The van der Waals surface area contributed by atoms with Crippen molar-refractivity contribution in [2.24, 2.45) is 0 Å². The lowest BCUT2D eigenvalue weighted by Gasteiger charge is -2.55. The number of piperazine rings is 1. The minimum absolute atomic E-state index is 0.0722. The topological polar surface area (TPSA) is 122 Å². The van der Waals surface area contributed by atoms with Crippen LogP contribution in [0.4, 0.5) is 10.5 Å². The van der Waals surface area contributed by atoms with Gasteiger partial charge in [0.2, 0.25) is 11.8 Å². The fraction of sp³-hybridized carbons (Fsp3) is 0.242. The van der Waals surface area contributed by atoms with E-state index in [4.69, 9.17) is 5.73 Å². The van der Waals surface area contributed by atoms with E-state index in [1.54, 1.807) is 61.5 Å². The van der Waals surface area contributed by atoms with Crippen molar-refractivity contribution in [1.82, 2.24) is 25.1 Å². The Kier molecular flexibility index (Phi) is 8.23. The van der Waals surface area contributed by atoms with E-state index in [2.05, 4.69) is 11.9 Å². The number of hydrazine groups is 1. The minimum Gasteiger partial charge on any atom is -0.508 e. The molecule has 1 aromatic heterocycles. The van der Waals surface area contributed by atoms with E-state index in [1.807, 2.05) is 53.9 Å². The molecular formula is C33H34N6O4S. The molecule has 6 rings (SSSR count). The molecule has 4 N–H and O–H groups in total. The quantitative estimate of drug-likeness (QED) is 0.205. The van der Waals surface area contributed by atoms with Crippen LogP contribution in [0.1, 0.15) is 16.7 Å². The van der Waals surface area contributed by atoms with E-state index in [-0.39, 0.29) is 49.7 Å². The SMILES string of the molecule is C=CCN1CC(=O)N2[C@@H](Cc3ccc(O)cc3)C(=O)N(Cc3csc4cc(N)ccc34)C[C@@H]2N1C(=O)NCc1ccccc1. The van der Waals surface area contributed by atoms with Crippen LogP contribution in [0.15, 0.2) is 90.8 Å². The smallest absolute Gasteiger partial charge is 0.334 e. The van der Waals surface area contributed by atoms with Crippen molar-refractivity contribution < 1.29 is 19.5 Å². The number of urea groups is 1. The van der Waals surface area contributed by atoms with Gasteiger partial charge in [0, 0.05) is 36.4 Å². The van der Waals surface area contributed by atoms with Gasteiger partial charge in [-0.1, -0.05) is 54.6 Å². The Bertz CT molecular complexity index is 1690. The first-order valence-corrected chi connectivity index (χ1v) is 15.3. The molecule has 3 heterocycles. The average molecular weight is 611 g/mol. The van der Waals surface area contributed by atoms with Crippen LogP contribution < -0.4 is 11.1 Å². The summed E-state index contributed by atoms with van der Waals surface area (Å²) in [4.78, 5) is 45.2. The average Bonchev–Trinajstić information content (AvgIpc) is 3.41. The molecule has 0 unspecified atom stereocenters. The number of hydrogen-bond donors (Lipinski definition) is 3. The summed E-state index contributed by atoms with van der Waals surface area (Å²) in [6.07, 6.45) is 1.15. The van der Waals surface area contributed by atoms with Crippen LogP contribution >= 0.6 is 11.3 Å². The van der Waals surface area contributed by atoms with Gasteiger partial charge >= 0.3 is 6.03 Å². The van der Waals surface area contributed by atoms with Gasteiger partial charge in [-0.25, -0.2) is 14.8 Å². The van der Waals surface area contributed by atoms with E-state index in [1.165, 1.54) is 0 Å². The molecule has 2 aliphatic heterocycles. The van der Waals surface area contributed by atoms with E-state index < -0.39 is 12.2 Å². The molecule has 2 atom stereocenters. The lowest BCUT2D eigenvalue weighted by molar-refractivity contribution is -0.189. The molecule has 3 aromatic carbocycles. The van der Waals surface area contributed by atoms with Crippen LogP contribution in [-0.2, 0) is 29.1 Å². The third-order valence-electron chi connectivity index (χ3n) is 8.07. The highest BCUT2D eigenvalue weighted by Gasteiger charge is 2.51. The maximum Gasteiger partial charge on any atom is 0.334 e. The monoisotopic (exact) mass is 610 g/mol. The van der Waals surface area contributed by atoms with Gasteiger partial charge in [-0.15, -0.1) is 17.9 Å². The Labute approximate surface area is 259 Å². The molecule has 4 aromatic rings. The van der Waals surface area contributed by atoms with Gasteiger partial charge < -0.3 is 26.0 Å². The zero-order valence-corrected chi connectivity index (χ0v) is 25.0. The van der Waals surface area contributed by atoms with Crippen molar-refractivity contribution in [3.63, 3.8) is 0 Å². The van der Waals surface area contributed by atoms with E-state index in [9.17, 15) is 19.5 Å². The Morgan fingerprint density at radius 1 is 1.07 bits per heavy atom. The molecule has 0 radical (unpaired) electrons. The Morgan fingerprint density at radius 2 is 1.84 bits per heavy atom. The minimum atomic E-state index is -0.846. The molecule has 226 valence electrons. The lowest BCUT2D eigenvalue weighted by atomic mass is 9.98. The second-order valence-electron chi connectivity index (χ2n) is 11.0. The highest BCUT2D eigenvalue weighted by molar-refractivity contribution is 7.17. The largest absolute Gasteiger partial charge is 0.508 e. The number of nitrogen functional groups attached to an aromatic ring is 1. The summed E-state index contributed by atoms with van der Waals surface area (Å²) < 4.78 is 1.03. The van der Waals surface area contributed by atoms with Crippen LogP contribution in [0.2, 0.25) is 0 Å². The van der Waals surface area contributed by atoms with Crippen LogP contribution in [0.25, 0.3) is 10.1 Å². The second kappa shape index (κ2) is 12.4. The fourth-order valence-corrected chi connectivity index (χ4v) is 6.98. The predicted molar refractivity (Wildman–Crippen MR) is 170 cm³/mol. The maximum absolute atomic E-state index is 14.2. The van der Waals surface area contributed by atoms with E-state index >= 15 is 0 Å². The number of amides is 4. The normalized spacial score (nSPS) is 18.9. The van der Waals surface area contributed by atoms with E-state index in [0.29, 0.717) is 18.8 Å². The fourth-order valence-electron chi connectivity index (χ4n) is 5.98. The molecule has 2 aliphatic rings. The third-order valence-corrected chi connectivity index (χ3v) is 9.07. The van der Waals surface area contributed by atoms with Crippen molar-refractivity contribution >= 4 is 45.0 Å². The van der Waals surface area contributed by atoms with Gasteiger partial charge in [0.05, 0.1) is 13.1 Å². The number of thiophene rings is 1. The summed E-state index contributed by atoms with van der Waals surface area (Å²) in [5, 5.41) is 19.1. The number of carbonyl (C=O) groups is 3. The molecule has 10 nitrogen and oxygen atoms in total. The molecule has 2 saturated heterocycles. The maximum atomic E-state index is 14.2. The number of nitrogens with one attached hydrogen (secondary N) is 1. The number of nitrogens with two attached hydrogens (primary N) is 1. The number of benzene rings is 3. The number of rotatable bonds is 8. The van der Waals surface area contributed by atoms with Gasteiger partial charge in [0.25, 0.3) is 0 Å². The first kappa shape index (κ1) is 29.2. The van der Waals surface area contributed by atoms with E-state index in [0.717, 1.165) is 26.8 Å². The third kappa shape index (κ3) is 5.84. The number of aromatic hydroxyl groups is 1. The summed E-state index contributed by atoms with van der Waals surface area (Å²) in [6.45, 7) is 4.81. The molecule has 0 bridgehead atoms. The molecule has 44 heavy (non-hydrogen) atoms. The van der Waals surface area contributed by atoms with Gasteiger partial charge in [-0.2, -0.15) is 0 Å². The van der Waals surface area contributed by atoms with Gasteiger partial charge in [0.1, 0.15) is 18.0 Å². The second-order valence-corrected chi connectivity index (χ2v) is 11.9. The number of anilines is 1. The number of carbonyl (C=O) groups excluding carboxylic acids is 3. The highest BCUT2D eigenvalue weighted by atomic mass is 32.1. The number of fused-ring (bicyclic) bond motifs is 2. The van der Waals surface area contributed by atoms with Crippen LogP contribution in [0, 0.1) is 0 Å². The molecule has 4 amide bonds. The number of nitrogens with zero attached hydrogens (tertiary/aromatic N) is 4. The number of phenolic OH excluding ortho intramolecular Hbond substituents is 1. The first-order valence-electron chi connectivity index (χ1n) is 14.4. The van der Waals surface area contributed by atoms with Crippen molar-refractivity contribution in [2.45, 2.75) is 31.7 Å². The Morgan fingerprint density at radius 3 is 2.59 bits per heavy atom. The van der Waals surface area contributed by atoms with Gasteiger partial charge in [-0.3, -0.25) is 9.59 Å². The molecule has 0 spiro atoms. The molecule has 11 heteroatoms. The summed E-state index contributed by atoms with van der Waals surface area (Å²) in [7, 11) is 0. The Hall–Kier alpha value is -4.87. The first-order chi connectivity index (χ1) is 21.3. The van der Waals surface area contributed by atoms with Gasteiger partial charge in [-0.05, 0) is 51.7 Å². The molecule has 0 saturated carbocycles. The summed E-state index contributed by atoms with van der Waals surface area (Å²) in [6, 6.07) is 20.7. The molecular weight excluding hydrogens is 576 g/mol. The zero-order chi connectivity index (χ0) is 30.8. The van der Waals surface area contributed by atoms with Crippen LogP contribution in [-0.4, -0.2) is 74.6 Å². The zero-order valence-electron chi connectivity index (χ0n) is 24.1. The Balaban J connectivity index is 1.36. The van der Waals surface area contributed by atoms with Crippen LogP contribution in [0.3, 0.4) is 0 Å². The standard InChI is InChI=1S/C33H34N6O4S/c1-2-14-37-20-31(41)38-28(15-22-8-11-26(40)12-9-22)32(42)36(18-24-21-44-29-16-25(34)10-13-27(24)29)19-30(38)39(37)33(43)35-17-23-6-4-3-5-7-23/h2-13,16,21,28,30,40H,1,14-15,17-20,34H2,(H,35,43)/t28-,30-/m0/s1.